The van der Waals surface area contributed by atoms with E-state index in [-0.39, 0.29) is 18.0 Å². The number of piperidine rings is 1. The van der Waals surface area contributed by atoms with Crippen molar-refractivity contribution in [3.8, 4) is 0 Å². The van der Waals surface area contributed by atoms with Gasteiger partial charge in [-0.05, 0) is 63.2 Å². The van der Waals surface area contributed by atoms with E-state index in [1.807, 2.05) is 4.90 Å². The van der Waals surface area contributed by atoms with Gasteiger partial charge >= 0.3 is 0 Å². The molecule has 1 amide bonds. The Hall–Kier alpha value is -1.60. The largest absolute Gasteiger partial charge is 0.355 e. The molecule has 0 aliphatic carbocycles. The second-order valence-corrected chi connectivity index (χ2v) is 9.07. The molecule has 2 N–H and O–H groups in total. The first-order valence-electron chi connectivity index (χ1n) is 10.0. The monoisotopic (exact) mass is 391 g/mol. The maximum atomic E-state index is 12.6. The quantitative estimate of drug-likeness (QED) is 0.596. The van der Waals surface area contributed by atoms with Gasteiger partial charge in [0.25, 0.3) is 0 Å². The van der Waals surface area contributed by atoms with Gasteiger partial charge in [-0.2, -0.15) is 0 Å². The lowest BCUT2D eigenvalue weighted by atomic mass is 9.98. The van der Waals surface area contributed by atoms with Crippen LogP contribution in [-0.4, -0.2) is 67.0 Å². The van der Waals surface area contributed by atoms with Crippen LogP contribution in [0, 0.1) is 0 Å². The molecule has 0 unspecified atom stereocenters. The van der Waals surface area contributed by atoms with E-state index in [2.05, 4.69) is 45.8 Å². The molecule has 1 aromatic rings. The van der Waals surface area contributed by atoms with Crippen molar-refractivity contribution in [2.45, 2.75) is 51.6 Å². The molecule has 27 heavy (non-hydrogen) atoms. The lowest BCUT2D eigenvalue weighted by Crippen LogP contribution is -2.55. The number of aliphatic imine (C=N–C) groups is 1. The van der Waals surface area contributed by atoms with Gasteiger partial charge in [-0.25, -0.2) is 0 Å². The fraction of sp³-hybridized carbons (Fsp3) is 0.700. The molecule has 0 bridgehead atoms. The van der Waals surface area contributed by atoms with Gasteiger partial charge in [-0.1, -0.05) is 6.42 Å². The number of fused-ring (bicyclic) bond motifs is 1. The summed E-state index contributed by atoms with van der Waals surface area (Å²) >= 11 is 1.79. The van der Waals surface area contributed by atoms with Gasteiger partial charge in [-0.3, -0.25) is 14.7 Å². The summed E-state index contributed by atoms with van der Waals surface area (Å²) in [5.41, 5.74) is 1.37. The van der Waals surface area contributed by atoms with Crippen LogP contribution >= 0.6 is 11.3 Å². The van der Waals surface area contributed by atoms with Crippen LogP contribution in [-0.2, 0) is 17.8 Å². The highest BCUT2D eigenvalue weighted by molar-refractivity contribution is 7.10. The Labute approximate surface area is 167 Å². The van der Waals surface area contributed by atoms with E-state index in [0.717, 1.165) is 26.1 Å². The van der Waals surface area contributed by atoms with Gasteiger partial charge in [0.05, 0.1) is 6.54 Å². The Kier molecular flexibility index (Phi) is 6.76. The Bertz CT molecular complexity index is 663. The molecule has 0 radical (unpaired) electrons. The smallest absolute Gasteiger partial charge is 0.242 e. The number of nitrogens with zero attached hydrogens (tertiary/aromatic N) is 3. The Balaban J connectivity index is 1.44. The van der Waals surface area contributed by atoms with Crippen LogP contribution in [0.25, 0.3) is 0 Å². The van der Waals surface area contributed by atoms with Crippen LogP contribution in [0.1, 0.15) is 43.6 Å². The Morgan fingerprint density at radius 3 is 2.74 bits per heavy atom. The Morgan fingerprint density at radius 1 is 1.22 bits per heavy atom. The molecule has 0 atom stereocenters. The molecule has 1 aromatic heterocycles. The zero-order valence-corrected chi connectivity index (χ0v) is 17.7. The van der Waals surface area contributed by atoms with Gasteiger partial charge in [0, 0.05) is 37.1 Å². The van der Waals surface area contributed by atoms with Gasteiger partial charge < -0.3 is 15.5 Å². The average Bonchev–Trinajstić information content (AvgIpc) is 3.16. The minimum Gasteiger partial charge on any atom is -0.355 e. The van der Waals surface area contributed by atoms with E-state index >= 15 is 0 Å². The Morgan fingerprint density at radius 2 is 2.00 bits per heavy atom. The van der Waals surface area contributed by atoms with Crippen molar-refractivity contribution >= 4 is 23.2 Å². The zero-order chi connectivity index (χ0) is 19.3. The maximum absolute atomic E-state index is 12.6. The zero-order valence-electron chi connectivity index (χ0n) is 16.9. The summed E-state index contributed by atoms with van der Waals surface area (Å²) in [6.45, 7) is 9.50. The van der Waals surface area contributed by atoms with Gasteiger partial charge in [0.2, 0.25) is 5.91 Å². The molecule has 0 spiro atoms. The van der Waals surface area contributed by atoms with Crippen molar-refractivity contribution in [1.29, 1.82) is 0 Å². The molecule has 0 saturated carbocycles. The number of likely N-dealkylation sites (tertiary alicyclic amines) is 1. The minimum absolute atomic E-state index is 0.0737. The summed E-state index contributed by atoms with van der Waals surface area (Å²) in [6.07, 6.45) is 4.88. The highest BCUT2D eigenvalue weighted by Crippen LogP contribution is 2.24. The standard InChI is InChI=1S/C20H33N5OS/c1-20(2,25-9-5-4-6-10-25)15-23-19(21-3)22-13-18(26)24-11-7-17-16(14-24)8-12-27-17/h8,12H,4-7,9-11,13-15H2,1-3H3,(H2,21,22,23). The molecule has 0 aromatic carbocycles. The third-order valence-electron chi connectivity index (χ3n) is 5.69. The first-order chi connectivity index (χ1) is 13.0. The van der Waals surface area contributed by atoms with Gasteiger partial charge in [-0.15, -0.1) is 11.3 Å². The number of carbonyl (C=O) groups is 1. The molecule has 3 heterocycles. The van der Waals surface area contributed by atoms with Crippen molar-refractivity contribution in [2.24, 2.45) is 4.99 Å². The van der Waals surface area contributed by atoms with Crippen LogP contribution in [0.5, 0.6) is 0 Å². The predicted molar refractivity (Wildman–Crippen MR) is 112 cm³/mol. The molecule has 6 nitrogen and oxygen atoms in total. The number of nitrogens with one attached hydrogen (secondary N) is 2. The highest BCUT2D eigenvalue weighted by Gasteiger charge is 2.28. The van der Waals surface area contributed by atoms with Crippen LogP contribution in [0.3, 0.4) is 0 Å². The van der Waals surface area contributed by atoms with Crippen molar-refractivity contribution in [2.75, 3.05) is 39.8 Å². The third kappa shape index (κ3) is 5.23. The summed E-state index contributed by atoms with van der Waals surface area (Å²) in [7, 11) is 1.76. The number of hydrogen-bond acceptors (Lipinski definition) is 4. The molecule has 2 aliphatic rings. The maximum Gasteiger partial charge on any atom is 0.242 e. The molecule has 3 rings (SSSR count). The van der Waals surface area contributed by atoms with Crippen molar-refractivity contribution < 1.29 is 4.79 Å². The third-order valence-corrected chi connectivity index (χ3v) is 6.71. The van der Waals surface area contributed by atoms with E-state index in [0.29, 0.717) is 5.96 Å². The van der Waals surface area contributed by atoms with Crippen molar-refractivity contribution in [3.63, 3.8) is 0 Å². The topological polar surface area (TPSA) is 60.0 Å². The second kappa shape index (κ2) is 9.06. The highest BCUT2D eigenvalue weighted by atomic mass is 32.1. The normalized spacial score (nSPS) is 18.9. The summed E-state index contributed by atoms with van der Waals surface area (Å²) in [5, 5.41) is 8.71. The van der Waals surface area contributed by atoms with Crippen LogP contribution in [0.2, 0.25) is 0 Å². The van der Waals surface area contributed by atoms with E-state index in [4.69, 9.17) is 0 Å². The summed E-state index contributed by atoms with van der Waals surface area (Å²) < 4.78 is 0. The minimum atomic E-state index is 0.0737. The summed E-state index contributed by atoms with van der Waals surface area (Å²) in [6, 6.07) is 2.13. The molecular formula is C20H33N5OS. The number of carbonyl (C=O) groups excluding carboxylic acids is 1. The van der Waals surface area contributed by atoms with E-state index in [1.165, 1.54) is 42.8 Å². The van der Waals surface area contributed by atoms with E-state index in [1.54, 1.807) is 18.4 Å². The van der Waals surface area contributed by atoms with Crippen LogP contribution < -0.4 is 10.6 Å². The molecule has 2 aliphatic heterocycles. The predicted octanol–water partition coefficient (Wildman–Crippen LogP) is 2.06. The number of rotatable bonds is 5. The molecular weight excluding hydrogens is 358 g/mol. The second-order valence-electron chi connectivity index (χ2n) is 8.07. The SMILES string of the molecule is CN=C(NCC(=O)N1CCc2sccc2C1)NCC(C)(C)N1CCCCC1. The first kappa shape index (κ1) is 20.1. The number of hydrogen-bond donors (Lipinski definition) is 2. The lowest BCUT2D eigenvalue weighted by molar-refractivity contribution is -0.130. The van der Waals surface area contributed by atoms with Crippen molar-refractivity contribution in [1.82, 2.24) is 20.4 Å². The molecule has 7 heteroatoms. The van der Waals surface area contributed by atoms with Gasteiger partial charge in [0.1, 0.15) is 0 Å². The summed E-state index contributed by atoms with van der Waals surface area (Å²) in [5.74, 6) is 0.826. The van der Waals surface area contributed by atoms with E-state index < -0.39 is 0 Å². The summed E-state index contributed by atoms with van der Waals surface area (Å²) in [4.78, 5) is 22.8. The average molecular weight is 392 g/mol. The first-order valence-corrected chi connectivity index (χ1v) is 10.9. The fourth-order valence-electron chi connectivity index (χ4n) is 3.86. The van der Waals surface area contributed by atoms with Crippen LogP contribution in [0.4, 0.5) is 0 Å². The van der Waals surface area contributed by atoms with E-state index in [9.17, 15) is 4.79 Å². The molecule has 1 saturated heterocycles. The lowest BCUT2D eigenvalue weighted by Gasteiger charge is -2.41. The number of amides is 1. The van der Waals surface area contributed by atoms with Crippen LogP contribution in [0.15, 0.2) is 16.4 Å². The number of guanidine groups is 1. The fourth-order valence-corrected chi connectivity index (χ4v) is 4.75. The number of thiophene rings is 1. The molecule has 150 valence electrons. The van der Waals surface area contributed by atoms with Crippen molar-refractivity contribution in [3.05, 3.63) is 21.9 Å². The molecule has 1 fully saturated rings. The van der Waals surface area contributed by atoms with Gasteiger partial charge in [0.15, 0.2) is 5.96 Å².